The van der Waals surface area contributed by atoms with E-state index in [0.717, 1.165) is 27.7 Å². The minimum absolute atomic E-state index is 0.407. The maximum Gasteiger partial charge on any atom is 0.149 e. The van der Waals surface area contributed by atoms with Crippen molar-refractivity contribution in [2.24, 2.45) is 7.05 Å². The largest absolute Gasteiger partial charge is 0.372 e. The molecule has 0 atom stereocenters. The van der Waals surface area contributed by atoms with Crippen LogP contribution in [0, 0.1) is 12.7 Å². The van der Waals surface area contributed by atoms with Gasteiger partial charge >= 0.3 is 0 Å². The van der Waals surface area contributed by atoms with E-state index in [9.17, 15) is 4.39 Å². The molecule has 7 heteroatoms. The summed E-state index contributed by atoms with van der Waals surface area (Å²) in [4.78, 5) is 8.38. The fourth-order valence-corrected chi connectivity index (χ4v) is 3.58. The zero-order valence-corrected chi connectivity index (χ0v) is 17.4. The third-order valence-corrected chi connectivity index (χ3v) is 5.16. The van der Waals surface area contributed by atoms with Crippen molar-refractivity contribution in [3.8, 4) is 11.1 Å². The van der Waals surface area contributed by atoms with Crippen LogP contribution in [0.4, 0.5) is 16.0 Å². The van der Waals surface area contributed by atoms with Crippen LogP contribution in [0.1, 0.15) is 25.1 Å². The molecule has 1 N–H and O–H groups in total. The molecule has 0 bridgehead atoms. The molecular weight excluding hydrogens is 381 g/mol. The van der Waals surface area contributed by atoms with Gasteiger partial charge in [0.05, 0.1) is 17.4 Å². The Morgan fingerprint density at radius 3 is 2.60 bits per heavy atom. The molecule has 0 spiro atoms. The number of hydrogen-bond donors (Lipinski definition) is 1. The lowest BCUT2D eigenvalue weighted by Gasteiger charge is -2.23. The van der Waals surface area contributed by atoms with Crippen molar-refractivity contribution >= 4 is 22.5 Å². The van der Waals surface area contributed by atoms with E-state index < -0.39 is 11.4 Å². The highest BCUT2D eigenvalue weighted by molar-refractivity contribution is 5.88. The monoisotopic (exact) mass is 404 g/mol. The molecule has 0 aliphatic rings. The van der Waals surface area contributed by atoms with Crippen molar-refractivity contribution in [2.45, 2.75) is 19.4 Å². The van der Waals surface area contributed by atoms with Gasteiger partial charge in [-0.2, -0.15) is 5.10 Å². The van der Waals surface area contributed by atoms with Crippen LogP contribution in [0.5, 0.6) is 0 Å². The molecule has 1 radical (unpaired) electrons. The summed E-state index contributed by atoms with van der Waals surface area (Å²) in [5, 5.41) is 8.59. The van der Waals surface area contributed by atoms with Gasteiger partial charge in [-0.05, 0) is 62.2 Å². The van der Waals surface area contributed by atoms with Crippen LogP contribution in [0.25, 0.3) is 22.0 Å². The molecule has 3 aromatic heterocycles. The summed E-state index contributed by atoms with van der Waals surface area (Å²) in [7, 11) is 3.55. The first-order chi connectivity index (χ1) is 14.3. The summed E-state index contributed by atoms with van der Waals surface area (Å²) >= 11 is 0. The van der Waals surface area contributed by atoms with Crippen LogP contribution in [0.3, 0.4) is 0 Å². The highest BCUT2D eigenvalue weighted by Gasteiger charge is 2.27. The number of nitrogens with one attached hydrogen (secondary N) is 1. The Kier molecular flexibility index (Phi) is 4.99. The van der Waals surface area contributed by atoms with E-state index in [4.69, 9.17) is 4.74 Å². The predicted octanol–water partition coefficient (Wildman–Crippen LogP) is 4.98. The van der Waals surface area contributed by atoms with Gasteiger partial charge in [0.2, 0.25) is 0 Å². The van der Waals surface area contributed by atoms with Gasteiger partial charge in [0.15, 0.2) is 0 Å². The van der Waals surface area contributed by atoms with Gasteiger partial charge < -0.3 is 10.1 Å². The van der Waals surface area contributed by atoms with Crippen molar-refractivity contribution in [1.29, 1.82) is 0 Å². The van der Waals surface area contributed by atoms with Gasteiger partial charge in [-0.1, -0.05) is 6.07 Å². The molecule has 0 aliphatic carbocycles. The molecule has 1 aromatic carbocycles. The van der Waals surface area contributed by atoms with Crippen LogP contribution in [0.2, 0.25) is 0 Å². The van der Waals surface area contributed by atoms with Crippen molar-refractivity contribution in [1.82, 2.24) is 19.7 Å². The summed E-state index contributed by atoms with van der Waals surface area (Å²) in [6, 6.07) is 11.0. The van der Waals surface area contributed by atoms with E-state index in [1.54, 1.807) is 31.5 Å². The van der Waals surface area contributed by atoms with E-state index in [2.05, 4.69) is 27.3 Å². The maximum absolute atomic E-state index is 14.7. The fourth-order valence-electron chi connectivity index (χ4n) is 3.58. The number of hydrogen-bond acceptors (Lipinski definition) is 5. The first-order valence-corrected chi connectivity index (χ1v) is 9.52. The predicted molar refractivity (Wildman–Crippen MR) is 116 cm³/mol. The van der Waals surface area contributed by atoms with Crippen molar-refractivity contribution in [3.05, 3.63) is 72.8 Å². The molecule has 0 unspecified atom stereocenters. The van der Waals surface area contributed by atoms with Crippen molar-refractivity contribution in [3.63, 3.8) is 0 Å². The average Bonchev–Trinajstić information content (AvgIpc) is 3.05. The first kappa shape index (κ1) is 20.0. The third kappa shape index (κ3) is 3.64. The number of halogens is 1. The number of ether oxygens (including phenoxy) is 1. The fraction of sp³-hybridized carbons (Fsp3) is 0.217. The number of aromatic nitrogens is 4. The number of benzene rings is 1. The van der Waals surface area contributed by atoms with Crippen LogP contribution in [-0.2, 0) is 17.4 Å². The van der Waals surface area contributed by atoms with Gasteiger partial charge in [0.1, 0.15) is 23.1 Å². The molecule has 6 nitrogen and oxygen atoms in total. The van der Waals surface area contributed by atoms with Crippen LogP contribution in [0.15, 0.2) is 48.8 Å². The second-order valence-corrected chi connectivity index (χ2v) is 7.64. The lowest BCUT2D eigenvalue weighted by atomic mass is 9.97. The number of anilines is 2. The molecular formula is C23H23FN5O. The van der Waals surface area contributed by atoms with Crippen LogP contribution in [-0.4, -0.2) is 26.9 Å². The number of rotatable bonds is 5. The normalized spacial score (nSPS) is 11.8. The van der Waals surface area contributed by atoms with E-state index in [1.807, 2.05) is 43.8 Å². The first-order valence-electron chi connectivity index (χ1n) is 9.52. The maximum atomic E-state index is 14.7. The van der Waals surface area contributed by atoms with Gasteiger partial charge in [-0.25, -0.2) is 14.4 Å². The van der Waals surface area contributed by atoms with Gasteiger partial charge in [-0.3, -0.25) is 4.68 Å². The van der Waals surface area contributed by atoms with Crippen molar-refractivity contribution < 1.29 is 9.13 Å². The van der Waals surface area contributed by atoms with Gasteiger partial charge in [-0.15, -0.1) is 0 Å². The number of nitrogens with zero attached hydrogens (tertiary/aromatic N) is 4. The van der Waals surface area contributed by atoms with Crippen LogP contribution >= 0.6 is 0 Å². The highest BCUT2D eigenvalue weighted by Crippen LogP contribution is 2.34. The molecule has 0 fully saturated rings. The third-order valence-electron chi connectivity index (χ3n) is 5.16. The average molecular weight is 404 g/mol. The summed E-state index contributed by atoms with van der Waals surface area (Å²) in [6.45, 7) is 7.85. The highest BCUT2D eigenvalue weighted by atomic mass is 19.1. The van der Waals surface area contributed by atoms with Gasteiger partial charge in [0, 0.05) is 31.3 Å². The number of methoxy groups -OCH3 is 1. The van der Waals surface area contributed by atoms with E-state index in [1.165, 1.54) is 6.20 Å². The van der Waals surface area contributed by atoms with Crippen LogP contribution < -0.4 is 5.32 Å². The summed E-state index contributed by atoms with van der Waals surface area (Å²) in [5.41, 5.74) is 3.19. The second-order valence-electron chi connectivity index (χ2n) is 7.64. The number of fused-ring (bicyclic) bond motifs is 1. The van der Waals surface area contributed by atoms with E-state index in [-0.39, 0.29) is 0 Å². The SMILES string of the molecule is [CH2]c1ccnc(Nc2cc(-c3ccc4nn(C)c(C(C)(C)OC)c4c3)c(F)cn2)c1. The number of pyridine rings is 2. The van der Waals surface area contributed by atoms with Crippen molar-refractivity contribution in [2.75, 3.05) is 12.4 Å². The number of aryl methyl sites for hydroxylation is 1. The summed E-state index contributed by atoms with van der Waals surface area (Å²) in [6.07, 6.45) is 2.86. The molecule has 30 heavy (non-hydrogen) atoms. The zero-order valence-electron chi connectivity index (χ0n) is 17.4. The Morgan fingerprint density at radius 2 is 1.87 bits per heavy atom. The Hall–Kier alpha value is -3.32. The Labute approximate surface area is 174 Å². The smallest absolute Gasteiger partial charge is 0.149 e. The van der Waals surface area contributed by atoms with E-state index in [0.29, 0.717) is 17.2 Å². The Balaban J connectivity index is 1.79. The topological polar surface area (TPSA) is 64.9 Å². The van der Waals surface area contributed by atoms with E-state index >= 15 is 0 Å². The minimum Gasteiger partial charge on any atom is -0.372 e. The standard InChI is InChI=1S/C23H23FN5O/c1-14-8-9-25-20(10-14)27-21-12-16(18(24)13-26-21)15-6-7-19-17(11-15)22(29(4)28-19)23(2,3)30-5/h6-13H,1H2,2-5H3,(H,25,26,27). The molecule has 3 heterocycles. The quantitative estimate of drug-likeness (QED) is 0.508. The Morgan fingerprint density at radius 1 is 1.10 bits per heavy atom. The summed E-state index contributed by atoms with van der Waals surface area (Å²) < 4.78 is 22.2. The Bertz CT molecular complexity index is 1230. The lowest BCUT2D eigenvalue weighted by molar-refractivity contribution is 0.0136. The minimum atomic E-state index is -0.545. The molecule has 0 saturated carbocycles. The molecule has 0 amide bonds. The lowest BCUT2D eigenvalue weighted by Crippen LogP contribution is -2.23. The molecule has 0 aliphatic heterocycles. The van der Waals surface area contributed by atoms with Gasteiger partial charge in [0.25, 0.3) is 0 Å². The molecule has 153 valence electrons. The zero-order chi connectivity index (χ0) is 21.5. The molecule has 0 saturated heterocycles. The molecule has 4 aromatic rings. The summed E-state index contributed by atoms with van der Waals surface area (Å²) in [5.74, 6) is 0.683. The molecule has 4 rings (SSSR count). The second kappa shape index (κ2) is 7.50.